The van der Waals surface area contributed by atoms with E-state index in [-0.39, 0.29) is 0 Å². The molecule has 0 amide bonds. The van der Waals surface area contributed by atoms with Gasteiger partial charge in [-0.1, -0.05) is 64.8 Å². The molecule has 2 heteroatoms. The molecule has 0 aliphatic heterocycles. The van der Waals surface area contributed by atoms with E-state index >= 15 is 0 Å². The first-order valence-electron chi connectivity index (χ1n) is 8.69. The summed E-state index contributed by atoms with van der Waals surface area (Å²) in [6.07, 6.45) is 5.16. The molecule has 0 heterocycles. The molecule has 1 N–H and O–H groups in total. The van der Waals surface area contributed by atoms with Crippen molar-refractivity contribution >= 4 is 0 Å². The van der Waals surface area contributed by atoms with Crippen molar-refractivity contribution in [2.45, 2.75) is 72.5 Å². The van der Waals surface area contributed by atoms with Crippen molar-refractivity contribution in [1.29, 1.82) is 0 Å². The van der Waals surface area contributed by atoms with Crippen LogP contribution in [0, 0.1) is 0 Å². The molecule has 0 atom stereocenters. The molecule has 0 aliphatic rings. The van der Waals surface area contributed by atoms with Crippen molar-refractivity contribution in [3.8, 4) is 0 Å². The third-order valence-electron chi connectivity index (χ3n) is 3.87. The van der Waals surface area contributed by atoms with Crippen LogP contribution in [0.2, 0.25) is 0 Å². The summed E-state index contributed by atoms with van der Waals surface area (Å²) < 4.78 is 0. The Balaban J connectivity index is 2.67. The number of benzene rings is 1. The molecule has 2 nitrogen and oxygen atoms in total. The van der Waals surface area contributed by atoms with Crippen LogP contribution in [0.15, 0.2) is 24.3 Å². The van der Waals surface area contributed by atoms with Crippen LogP contribution < -0.4 is 5.32 Å². The van der Waals surface area contributed by atoms with Crippen molar-refractivity contribution < 1.29 is 0 Å². The fourth-order valence-electron chi connectivity index (χ4n) is 2.47. The Bertz CT molecular complexity index is 366. The van der Waals surface area contributed by atoms with Crippen molar-refractivity contribution in [2.75, 3.05) is 13.1 Å². The van der Waals surface area contributed by atoms with E-state index in [0.29, 0.717) is 6.04 Å². The van der Waals surface area contributed by atoms with E-state index in [1.807, 2.05) is 0 Å². The Morgan fingerprint density at radius 1 is 0.952 bits per heavy atom. The zero-order valence-electron chi connectivity index (χ0n) is 14.5. The van der Waals surface area contributed by atoms with Gasteiger partial charge in [-0.3, -0.25) is 4.90 Å². The highest BCUT2D eigenvalue weighted by atomic mass is 15.1. The standard InChI is InChI=1S/C19H34N2/c1-5-7-13-21(14-8-6-2)16-19-12-10-9-11-18(19)15-20-17(3)4/h9-12,17,20H,5-8,13-16H2,1-4H3. The minimum atomic E-state index is 0.536. The Hall–Kier alpha value is -0.860. The van der Waals surface area contributed by atoms with Crippen LogP contribution in [0.4, 0.5) is 0 Å². The van der Waals surface area contributed by atoms with Gasteiger partial charge in [0.15, 0.2) is 0 Å². The second kappa shape index (κ2) is 10.8. The molecule has 0 bridgehead atoms. The van der Waals surface area contributed by atoms with Gasteiger partial charge in [0.2, 0.25) is 0 Å². The van der Waals surface area contributed by atoms with E-state index in [4.69, 9.17) is 0 Å². The average Bonchev–Trinajstić information content (AvgIpc) is 2.48. The van der Waals surface area contributed by atoms with E-state index in [1.54, 1.807) is 0 Å². The molecule has 1 aromatic rings. The van der Waals surface area contributed by atoms with Gasteiger partial charge in [0.05, 0.1) is 0 Å². The molecule has 0 saturated carbocycles. The summed E-state index contributed by atoms with van der Waals surface area (Å²) in [5, 5.41) is 3.54. The first kappa shape index (κ1) is 18.2. The van der Waals surface area contributed by atoms with Gasteiger partial charge < -0.3 is 5.32 Å². The smallest absolute Gasteiger partial charge is 0.0236 e. The molecule has 0 spiro atoms. The molecule has 0 saturated heterocycles. The predicted molar refractivity (Wildman–Crippen MR) is 93.5 cm³/mol. The van der Waals surface area contributed by atoms with E-state index in [1.165, 1.54) is 49.9 Å². The normalized spacial score (nSPS) is 11.5. The number of unbranched alkanes of at least 4 members (excludes halogenated alkanes) is 2. The zero-order valence-corrected chi connectivity index (χ0v) is 14.5. The van der Waals surface area contributed by atoms with Gasteiger partial charge in [-0.15, -0.1) is 0 Å². The summed E-state index contributed by atoms with van der Waals surface area (Å²) in [5.41, 5.74) is 2.93. The van der Waals surface area contributed by atoms with Gasteiger partial charge >= 0.3 is 0 Å². The number of hydrogen-bond donors (Lipinski definition) is 1. The molecule has 1 aromatic carbocycles. The maximum absolute atomic E-state index is 3.54. The summed E-state index contributed by atoms with van der Waals surface area (Å²) in [4.78, 5) is 2.63. The second-order valence-electron chi connectivity index (χ2n) is 6.29. The van der Waals surface area contributed by atoms with Gasteiger partial charge in [0, 0.05) is 19.1 Å². The maximum Gasteiger partial charge on any atom is 0.0236 e. The number of rotatable bonds is 11. The number of hydrogen-bond acceptors (Lipinski definition) is 2. The monoisotopic (exact) mass is 290 g/mol. The minimum Gasteiger partial charge on any atom is -0.310 e. The Kier molecular flexibility index (Phi) is 9.36. The van der Waals surface area contributed by atoms with Gasteiger partial charge in [0.1, 0.15) is 0 Å². The topological polar surface area (TPSA) is 15.3 Å². The molecule has 0 radical (unpaired) electrons. The largest absolute Gasteiger partial charge is 0.310 e. The summed E-state index contributed by atoms with van der Waals surface area (Å²) in [6.45, 7) is 13.5. The summed E-state index contributed by atoms with van der Waals surface area (Å²) in [5.74, 6) is 0. The first-order chi connectivity index (χ1) is 10.2. The van der Waals surface area contributed by atoms with E-state index in [9.17, 15) is 0 Å². The highest BCUT2D eigenvalue weighted by Crippen LogP contribution is 2.13. The first-order valence-corrected chi connectivity index (χ1v) is 8.69. The lowest BCUT2D eigenvalue weighted by atomic mass is 10.1. The lowest BCUT2D eigenvalue weighted by molar-refractivity contribution is 0.256. The van der Waals surface area contributed by atoms with Gasteiger partial charge in [0.25, 0.3) is 0 Å². The molecule has 21 heavy (non-hydrogen) atoms. The quantitative estimate of drug-likeness (QED) is 0.641. The SMILES string of the molecule is CCCCN(CCCC)Cc1ccccc1CNC(C)C. The summed E-state index contributed by atoms with van der Waals surface area (Å²) in [6, 6.07) is 9.43. The molecule has 0 unspecified atom stereocenters. The molecule has 0 fully saturated rings. The van der Waals surface area contributed by atoms with Gasteiger partial charge in [-0.05, 0) is 37.1 Å². The molecule has 120 valence electrons. The lowest BCUT2D eigenvalue weighted by Crippen LogP contribution is -2.27. The minimum absolute atomic E-state index is 0.536. The molecule has 1 rings (SSSR count). The van der Waals surface area contributed by atoms with Crippen molar-refractivity contribution in [3.05, 3.63) is 35.4 Å². The van der Waals surface area contributed by atoms with Crippen LogP contribution in [0.1, 0.15) is 64.5 Å². The van der Waals surface area contributed by atoms with Crippen LogP contribution in [-0.2, 0) is 13.1 Å². The van der Waals surface area contributed by atoms with Crippen LogP contribution >= 0.6 is 0 Å². The van der Waals surface area contributed by atoms with E-state index < -0.39 is 0 Å². The van der Waals surface area contributed by atoms with Crippen molar-refractivity contribution in [3.63, 3.8) is 0 Å². The van der Waals surface area contributed by atoms with Crippen LogP contribution in [0.3, 0.4) is 0 Å². The molecular formula is C19H34N2. The maximum atomic E-state index is 3.54. The Morgan fingerprint density at radius 3 is 2.05 bits per heavy atom. The number of nitrogens with one attached hydrogen (secondary N) is 1. The Morgan fingerprint density at radius 2 is 1.52 bits per heavy atom. The zero-order chi connectivity index (χ0) is 15.5. The van der Waals surface area contributed by atoms with E-state index in [0.717, 1.165) is 13.1 Å². The van der Waals surface area contributed by atoms with E-state index in [2.05, 4.69) is 62.2 Å². The van der Waals surface area contributed by atoms with Gasteiger partial charge in [-0.2, -0.15) is 0 Å². The molecule has 0 aliphatic carbocycles. The second-order valence-corrected chi connectivity index (χ2v) is 6.29. The lowest BCUT2D eigenvalue weighted by Gasteiger charge is -2.23. The fraction of sp³-hybridized carbons (Fsp3) is 0.684. The van der Waals surface area contributed by atoms with Crippen LogP contribution in [0.25, 0.3) is 0 Å². The van der Waals surface area contributed by atoms with Crippen LogP contribution in [-0.4, -0.2) is 24.0 Å². The average molecular weight is 290 g/mol. The molecular weight excluding hydrogens is 256 g/mol. The third kappa shape index (κ3) is 7.63. The van der Waals surface area contributed by atoms with Crippen LogP contribution in [0.5, 0.6) is 0 Å². The predicted octanol–water partition coefficient (Wildman–Crippen LogP) is 4.59. The third-order valence-corrected chi connectivity index (χ3v) is 3.87. The fourth-order valence-corrected chi connectivity index (χ4v) is 2.47. The number of nitrogens with zero attached hydrogens (tertiary/aromatic N) is 1. The highest BCUT2D eigenvalue weighted by molar-refractivity contribution is 5.27. The van der Waals surface area contributed by atoms with Crippen molar-refractivity contribution in [1.82, 2.24) is 10.2 Å². The van der Waals surface area contributed by atoms with Gasteiger partial charge in [-0.25, -0.2) is 0 Å². The van der Waals surface area contributed by atoms with Crippen molar-refractivity contribution in [2.24, 2.45) is 0 Å². The summed E-state index contributed by atoms with van der Waals surface area (Å²) >= 11 is 0. The highest BCUT2D eigenvalue weighted by Gasteiger charge is 2.08. The summed E-state index contributed by atoms with van der Waals surface area (Å²) in [7, 11) is 0. The Labute approximate surface area is 131 Å². The molecule has 0 aromatic heterocycles.